The number of allylic oxidation sites excluding steroid dienone is 1. The lowest BCUT2D eigenvalue weighted by Crippen LogP contribution is -2.10. The number of carboxylic acids is 1. The minimum Gasteiger partial charge on any atom is -0.489 e. The number of hydrogen-bond acceptors (Lipinski definition) is 4. The molecular weight excluding hydrogens is 405 g/mol. The van der Waals surface area contributed by atoms with E-state index in [1.54, 1.807) is 17.8 Å². The molecule has 0 heterocycles. The van der Waals surface area contributed by atoms with E-state index in [9.17, 15) is 18.0 Å². The van der Waals surface area contributed by atoms with Crippen LogP contribution in [0.5, 0.6) is 11.5 Å². The highest BCUT2D eigenvalue weighted by Crippen LogP contribution is 2.31. The summed E-state index contributed by atoms with van der Waals surface area (Å²) in [6, 6.07) is 10.1. The zero-order chi connectivity index (χ0) is 21.4. The summed E-state index contributed by atoms with van der Waals surface area (Å²) in [4.78, 5) is 11.6. The number of thioether (sulfide) groups is 1. The van der Waals surface area contributed by atoms with Crippen molar-refractivity contribution in [2.75, 3.05) is 19.0 Å². The van der Waals surface area contributed by atoms with Crippen LogP contribution in [0.4, 0.5) is 13.2 Å². The Morgan fingerprint density at radius 3 is 2.34 bits per heavy atom. The highest BCUT2D eigenvalue weighted by molar-refractivity contribution is 7.99. The van der Waals surface area contributed by atoms with Crippen LogP contribution in [0.3, 0.4) is 0 Å². The zero-order valence-corrected chi connectivity index (χ0v) is 16.8. The number of alkyl halides is 3. The summed E-state index contributed by atoms with van der Waals surface area (Å²) in [5, 5.41) is 8.68. The molecule has 4 nitrogen and oxygen atoms in total. The van der Waals surface area contributed by atoms with Crippen molar-refractivity contribution in [1.29, 1.82) is 0 Å². The lowest BCUT2D eigenvalue weighted by Gasteiger charge is -2.12. The molecule has 0 bridgehead atoms. The van der Waals surface area contributed by atoms with E-state index < -0.39 is 24.3 Å². The van der Waals surface area contributed by atoms with Crippen LogP contribution in [0.25, 0.3) is 0 Å². The minimum atomic E-state index is -4.37. The maximum Gasteiger partial charge on any atom is 0.416 e. The van der Waals surface area contributed by atoms with Crippen LogP contribution < -0.4 is 9.47 Å². The Hall–Kier alpha value is -2.61. The lowest BCUT2D eigenvalue weighted by molar-refractivity contribution is -0.139. The first-order chi connectivity index (χ1) is 13.7. The Morgan fingerprint density at radius 1 is 1.10 bits per heavy atom. The molecule has 0 spiro atoms. The van der Waals surface area contributed by atoms with E-state index in [0.717, 1.165) is 28.2 Å². The first kappa shape index (κ1) is 22.7. The van der Waals surface area contributed by atoms with Crippen LogP contribution in [-0.4, -0.2) is 30.0 Å². The Kier molecular flexibility index (Phi) is 8.01. The van der Waals surface area contributed by atoms with Gasteiger partial charge in [-0.1, -0.05) is 6.08 Å². The maximum atomic E-state index is 12.6. The fourth-order valence-electron chi connectivity index (χ4n) is 2.31. The highest BCUT2D eigenvalue weighted by Gasteiger charge is 2.30. The van der Waals surface area contributed by atoms with Gasteiger partial charge in [0.15, 0.2) is 6.61 Å². The Morgan fingerprint density at radius 2 is 1.79 bits per heavy atom. The number of carbonyl (C=O) groups is 1. The molecule has 2 rings (SSSR count). The molecule has 0 aliphatic heterocycles. The van der Waals surface area contributed by atoms with E-state index in [1.165, 1.54) is 12.1 Å². The molecule has 29 heavy (non-hydrogen) atoms. The molecule has 0 saturated heterocycles. The summed E-state index contributed by atoms with van der Waals surface area (Å²) in [5.74, 6) is 0.506. The largest absolute Gasteiger partial charge is 0.489 e. The van der Waals surface area contributed by atoms with Gasteiger partial charge in [0.05, 0.1) is 5.56 Å². The fraction of sp³-hybridized carbons (Fsp3) is 0.286. The van der Waals surface area contributed by atoms with E-state index in [-0.39, 0.29) is 6.61 Å². The summed E-state index contributed by atoms with van der Waals surface area (Å²) in [6.45, 7) is 3.59. The number of ether oxygens (including phenoxy) is 2. The number of rotatable bonds is 9. The number of aliphatic carboxylic acids is 1. The van der Waals surface area contributed by atoms with Gasteiger partial charge in [0.2, 0.25) is 0 Å². The van der Waals surface area contributed by atoms with Crippen molar-refractivity contribution in [2.45, 2.75) is 24.9 Å². The number of halogens is 3. The summed E-state index contributed by atoms with van der Waals surface area (Å²) in [7, 11) is 0. The van der Waals surface area contributed by atoms with E-state index in [1.807, 2.05) is 32.1 Å². The fourth-order valence-corrected chi connectivity index (χ4v) is 3.34. The molecule has 156 valence electrons. The quantitative estimate of drug-likeness (QED) is 0.418. The van der Waals surface area contributed by atoms with Crippen LogP contribution in [-0.2, 0) is 11.0 Å². The molecular formula is C21H21F3O4S. The smallest absolute Gasteiger partial charge is 0.416 e. The van der Waals surface area contributed by atoms with Crippen molar-refractivity contribution < 1.29 is 32.5 Å². The van der Waals surface area contributed by atoms with E-state index in [4.69, 9.17) is 14.6 Å². The minimum absolute atomic E-state index is 0.271. The molecule has 0 fully saturated rings. The van der Waals surface area contributed by atoms with Crippen molar-refractivity contribution >= 4 is 17.7 Å². The van der Waals surface area contributed by atoms with Crippen molar-refractivity contribution in [2.24, 2.45) is 0 Å². The number of hydrogen-bond donors (Lipinski definition) is 1. The third-order valence-electron chi connectivity index (χ3n) is 3.94. The van der Waals surface area contributed by atoms with Gasteiger partial charge in [-0.05, 0) is 67.4 Å². The van der Waals surface area contributed by atoms with Gasteiger partial charge in [-0.2, -0.15) is 13.2 Å². The standard InChI is InChI=1S/C21H21F3O4S/c1-3-15(11-27-17-6-4-16(5-7-17)21(22,23)24)13-29-18-8-9-19(14(2)10-18)28-12-20(25)26/h3-10H,11-13H2,1-2H3,(H,25,26)/b15-3+. The van der Waals surface area contributed by atoms with Gasteiger partial charge in [-0.3, -0.25) is 0 Å². The summed E-state index contributed by atoms with van der Waals surface area (Å²) in [6.07, 6.45) is -2.45. The molecule has 0 amide bonds. The van der Waals surface area contributed by atoms with Crippen LogP contribution in [0, 0.1) is 6.92 Å². The average molecular weight is 426 g/mol. The van der Waals surface area contributed by atoms with Crippen molar-refractivity contribution in [3.8, 4) is 11.5 Å². The Balaban J connectivity index is 1.87. The Labute approximate surface area is 171 Å². The second kappa shape index (κ2) is 10.2. The number of carboxylic acid groups (broad SMARTS) is 1. The second-order valence-electron chi connectivity index (χ2n) is 6.16. The van der Waals surface area contributed by atoms with E-state index >= 15 is 0 Å². The first-order valence-electron chi connectivity index (χ1n) is 8.71. The van der Waals surface area contributed by atoms with E-state index in [0.29, 0.717) is 17.3 Å². The number of aryl methyl sites for hydroxylation is 1. The normalized spacial score (nSPS) is 12.0. The zero-order valence-electron chi connectivity index (χ0n) is 16.0. The molecule has 0 aliphatic rings. The van der Waals surface area contributed by atoms with Gasteiger partial charge in [0.1, 0.15) is 18.1 Å². The molecule has 0 aliphatic carbocycles. The summed E-state index contributed by atoms with van der Waals surface area (Å²) >= 11 is 1.57. The maximum absolute atomic E-state index is 12.6. The molecule has 0 radical (unpaired) electrons. The van der Waals surface area contributed by atoms with Crippen molar-refractivity contribution in [3.05, 3.63) is 65.2 Å². The van der Waals surface area contributed by atoms with Crippen LogP contribution in [0.2, 0.25) is 0 Å². The topological polar surface area (TPSA) is 55.8 Å². The van der Waals surface area contributed by atoms with Gasteiger partial charge in [-0.15, -0.1) is 11.8 Å². The molecule has 0 saturated carbocycles. The predicted octanol–water partition coefficient (Wildman–Crippen LogP) is 5.59. The molecule has 1 N–H and O–H groups in total. The third kappa shape index (κ3) is 7.38. The third-order valence-corrected chi connectivity index (χ3v) is 5.04. The van der Waals surface area contributed by atoms with Gasteiger partial charge in [0, 0.05) is 10.6 Å². The second-order valence-corrected chi connectivity index (χ2v) is 7.20. The predicted molar refractivity (Wildman–Crippen MR) is 106 cm³/mol. The van der Waals surface area contributed by atoms with Gasteiger partial charge in [-0.25, -0.2) is 4.79 Å². The highest BCUT2D eigenvalue weighted by atomic mass is 32.2. The number of benzene rings is 2. The van der Waals surface area contributed by atoms with Gasteiger partial charge < -0.3 is 14.6 Å². The molecule has 2 aromatic carbocycles. The van der Waals surface area contributed by atoms with Crippen molar-refractivity contribution in [1.82, 2.24) is 0 Å². The van der Waals surface area contributed by atoms with Crippen molar-refractivity contribution in [3.63, 3.8) is 0 Å². The lowest BCUT2D eigenvalue weighted by atomic mass is 10.2. The average Bonchev–Trinajstić information content (AvgIpc) is 2.67. The molecule has 0 atom stereocenters. The Bertz CT molecular complexity index is 861. The SMILES string of the molecule is C/C=C(\COc1ccc(C(F)(F)F)cc1)CSc1ccc(OCC(=O)O)c(C)c1. The first-order valence-corrected chi connectivity index (χ1v) is 9.69. The molecule has 0 aromatic heterocycles. The molecule has 2 aromatic rings. The molecule has 8 heteroatoms. The van der Waals surface area contributed by atoms with Crippen LogP contribution in [0.1, 0.15) is 18.1 Å². The molecule has 0 unspecified atom stereocenters. The summed E-state index contributed by atoms with van der Waals surface area (Å²) in [5.41, 5.74) is 1.11. The van der Waals surface area contributed by atoms with Crippen LogP contribution in [0.15, 0.2) is 59.0 Å². The van der Waals surface area contributed by atoms with Gasteiger partial charge >= 0.3 is 12.1 Å². The van der Waals surface area contributed by atoms with E-state index in [2.05, 4.69) is 0 Å². The summed E-state index contributed by atoms with van der Waals surface area (Å²) < 4.78 is 48.6. The monoisotopic (exact) mass is 426 g/mol. The van der Waals surface area contributed by atoms with Gasteiger partial charge in [0.25, 0.3) is 0 Å². The van der Waals surface area contributed by atoms with Crippen LogP contribution >= 0.6 is 11.8 Å².